The molecule has 0 unspecified atom stereocenters. The molecule has 0 aromatic heterocycles. The summed E-state index contributed by atoms with van der Waals surface area (Å²) in [4.78, 5) is 14.3. The van der Waals surface area contributed by atoms with Crippen LogP contribution in [0.5, 0.6) is 0 Å². The summed E-state index contributed by atoms with van der Waals surface area (Å²) in [6.45, 7) is 0.702. The molecule has 1 aliphatic rings. The van der Waals surface area contributed by atoms with Gasteiger partial charge in [-0.25, -0.2) is 12.8 Å². The minimum absolute atomic E-state index is 0.00167. The van der Waals surface area contributed by atoms with Crippen LogP contribution in [0, 0.1) is 5.82 Å². The van der Waals surface area contributed by atoms with Crippen molar-refractivity contribution in [3.63, 3.8) is 0 Å². The number of carbonyl (C=O) groups excluding carboxylic acids is 1. The van der Waals surface area contributed by atoms with Gasteiger partial charge in [-0.3, -0.25) is 4.79 Å². The van der Waals surface area contributed by atoms with Crippen molar-refractivity contribution in [1.29, 1.82) is 0 Å². The van der Waals surface area contributed by atoms with Crippen LogP contribution in [0.15, 0.2) is 41.3 Å². The Morgan fingerprint density at radius 2 is 1.75 bits per heavy atom. The van der Waals surface area contributed by atoms with Crippen molar-refractivity contribution in [3.8, 4) is 0 Å². The molecule has 1 saturated heterocycles. The fourth-order valence-corrected chi connectivity index (χ4v) is 5.66. The van der Waals surface area contributed by atoms with E-state index >= 15 is 0 Å². The summed E-state index contributed by atoms with van der Waals surface area (Å²) in [6.07, 6.45) is 1.49. The first-order chi connectivity index (χ1) is 15.1. The van der Waals surface area contributed by atoms with E-state index in [0.29, 0.717) is 30.5 Å². The zero-order valence-electron chi connectivity index (χ0n) is 17.7. The lowest BCUT2D eigenvalue weighted by atomic mass is 10.1. The van der Waals surface area contributed by atoms with E-state index < -0.39 is 21.7 Å². The van der Waals surface area contributed by atoms with Gasteiger partial charge in [0.05, 0.1) is 16.6 Å². The van der Waals surface area contributed by atoms with E-state index in [-0.39, 0.29) is 21.5 Å². The number of piperidine rings is 1. The average Bonchev–Trinajstić information content (AvgIpc) is 2.75. The maximum absolute atomic E-state index is 13.2. The number of halogens is 3. The van der Waals surface area contributed by atoms with E-state index in [2.05, 4.69) is 15.5 Å². The number of hydrogen-bond donors (Lipinski definition) is 2. The first-order valence-electron chi connectivity index (χ1n) is 10.0. The maximum atomic E-state index is 13.2. The number of sulfonamides is 1. The van der Waals surface area contributed by atoms with Crippen LogP contribution in [0.1, 0.15) is 12.8 Å². The molecule has 174 valence electrons. The fraction of sp³-hybridized carbons (Fsp3) is 0.381. The number of carbonyl (C=O) groups is 1. The van der Waals surface area contributed by atoms with Crippen molar-refractivity contribution in [2.45, 2.75) is 23.8 Å². The number of amides is 1. The Balaban J connectivity index is 1.66. The van der Waals surface area contributed by atoms with Crippen LogP contribution in [0.2, 0.25) is 10.0 Å². The molecule has 11 heteroatoms. The summed E-state index contributed by atoms with van der Waals surface area (Å²) < 4.78 is 41.0. The molecule has 0 radical (unpaired) electrons. The van der Waals surface area contributed by atoms with E-state index in [1.807, 2.05) is 14.1 Å². The van der Waals surface area contributed by atoms with Crippen molar-refractivity contribution in [1.82, 2.24) is 9.21 Å². The Kier molecular flexibility index (Phi) is 8.00. The van der Waals surface area contributed by atoms with E-state index in [9.17, 15) is 17.6 Å². The standard InChI is InChI=1S/C21H25Cl2FN4O3S/c1-27(2)16-7-9-28(10-8-16)32(30,31)20-12-14(3-5-17(20)22)25-13-21(29)26-15-4-6-19(24)18(23)11-15/h3-6,11-12,16,25H,7-10,13H2,1-2H3,(H,26,29). The lowest BCUT2D eigenvalue weighted by Crippen LogP contribution is -2.44. The third-order valence-electron chi connectivity index (χ3n) is 5.36. The predicted octanol–water partition coefficient (Wildman–Crippen LogP) is 3.90. The zero-order chi connectivity index (χ0) is 23.5. The SMILES string of the molecule is CN(C)C1CCN(S(=O)(=O)c2cc(NCC(=O)Nc3ccc(F)c(Cl)c3)ccc2Cl)CC1. The highest BCUT2D eigenvalue weighted by atomic mass is 35.5. The van der Waals surface area contributed by atoms with Crippen molar-refractivity contribution in [3.05, 3.63) is 52.3 Å². The maximum Gasteiger partial charge on any atom is 0.244 e. The van der Waals surface area contributed by atoms with E-state index in [1.165, 1.54) is 28.6 Å². The smallest absolute Gasteiger partial charge is 0.244 e. The lowest BCUT2D eigenvalue weighted by Gasteiger charge is -2.34. The second-order valence-corrected chi connectivity index (χ2v) is 10.5. The van der Waals surface area contributed by atoms with E-state index in [4.69, 9.17) is 23.2 Å². The van der Waals surface area contributed by atoms with Crippen LogP contribution in [-0.2, 0) is 14.8 Å². The highest BCUT2D eigenvalue weighted by Crippen LogP contribution is 2.30. The first kappa shape index (κ1) is 24.7. The molecule has 3 rings (SSSR count). The topological polar surface area (TPSA) is 81.8 Å². The van der Waals surface area contributed by atoms with Gasteiger partial charge in [-0.1, -0.05) is 23.2 Å². The van der Waals surface area contributed by atoms with Crippen molar-refractivity contribution >= 4 is 50.5 Å². The number of anilines is 2. The minimum atomic E-state index is -3.77. The molecule has 1 amide bonds. The van der Waals surface area contributed by atoms with Crippen LogP contribution in [-0.4, -0.2) is 63.3 Å². The van der Waals surface area contributed by atoms with Crippen LogP contribution in [0.25, 0.3) is 0 Å². The first-order valence-corrected chi connectivity index (χ1v) is 12.2. The highest BCUT2D eigenvalue weighted by Gasteiger charge is 2.31. The van der Waals surface area contributed by atoms with Gasteiger partial charge in [0.25, 0.3) is 0 Å². The third kappa shape index (κ3) is 5.90. The van der Waals surface area contributed by atoms with Gasteiger partial charge < -0.3 is 15.5 Å². The molecular formula is C21H25Cl2FN4O3S. The zero-order valence-corrected chi connectivity index (χ0v) is 20.1. The molecule has 2 aromatic rings. The summed E-state index contributed by atoms with van der Waals surface area (Å²) in [5, 5.41) is 5.50. The second kappa shape index (κ2) is 10.4. The molecule has 0 spiro atoms. The van der Waals surface area contributed by atoms with Crippen molar-refractivity contribution in [2.75, 3.05) is 44.4 Å². The normalized spacial score (nSPS) is 15.7. The van der Waals surface area contributed by atoms with E-state index in [0.717, 1.165) is 18.9 Å². The molecule has 1 fully saturated rings. The summed E-state index contributed by atoms with van der Waals surface area (Å²) in [7, 11) is 0.207. The lowest BCUT2D eigenvalue weighted by molar-refractivity contribution is -0.114. The fourth-order valence-electron chi connectivity index (χ4n) is 3.51. The molecule has 0 aliphatic carbocycles. The number of rotatable bonds is 7. The number of hydrogen-bond acceptors (Lipinski definition) is 5. The molecule has 7 nitrogen and oxygen atoms in total. The predicted molar refractivity (Wildman–Crippen MR) is 125 cm³/mol. The summed E-state index contributed by atoms with van der Waals surface area (Å²) in [5.74, 6) is -0.985. The second-order valence-electron chi connectivity index (χ2n) is 7.77. The number of nitrogens with one attached hydrogen (secondary N) is 2. The van der Waals surface area contributed by atoms with Gasteiger partial charge in [-0.15, -0.1) is 0 Å². The molecule has 1 aliphatic heterocycles. The molecule has 0 atom stereocenters. The van der Waals surface area contributed by atoms with Crippen LogP contribution in [0.3, 0.4) is 0 Å². The quantitative estimate of drug-likeness (QED) is 0.599. The van der Waals surface area contributed by atoms with Crippen LogP contribution in [0.4, 0.5) is 15.8 Å². The van der Waals surface area contributed by atoms with Gasteiger partial charge in [0.15, 0.2) is 0 Å². The van der Waals surface area contributed by atoms with Gasteiger partial charge in [0, 0.05) is 30.5 Å². The Bertz CT molecular complexity index is 1090. The van der Waals surface area contributed by atoms with Crippen LogP contribution >= 0.6 is 23.2 Å². The van der Waals surface area contributed by atoms with Gasteiger partial charge in [0.2, 0.25) is 15.9 Å². The molecule has 0 saturated carbocycles. The largest absolute Gasteiger partial charge is 0.376 e. The van der Waals surface area contributed by atoms with Gasteiger partial charge in [-0.2, -0.15) is 4.31 Å². The molecular weight excluding hydrogens is 478 g/mol. The molecule has 2 N–H and O–H groups in total. The Morgan fingerprint density at radius 1 is 1.09 bits per heavy atom. The number of nitrogens with zero attached hydrogens (tertiary/aromatic N) is 2. The summed E-state index contributed by atoms with van der Waals surface area (Å²) in [5.41, 5.74) is 0.784. The third-order valence-corrected chi connectivity index (χ3v) is 8.03. The summed E-state index contributed by atoms with van der Waals surface area (Å²) in [6, 6.07) is 8.72. The Labute approximate surface area is 197 Å². The Morgan fingerprint density at radius 3 is 2.38 bits per heavy atom. The van der Waals surface area contributed by atoms with Gasteiger partial charge >= 0.3 is 0 Å². The minimum Gasteiger partial charge on any atom is -0.376 e. The van der Waals surface area contributed by atoms with E-state index in [1.54, 1.807) is 6.07 Å². The number of benzene rings is 2. The summed E-state index contributed by atoms with van der Waals surface area (Å²) >= 11 is 11.9. The highest BCUT2D eigenvalue weighted by molar-refractivity contribution is 7.89. The van der Waals surface area contributed by atoms with Gasteiger partial charge in [0.1, 0.15) is 10.7 Å². The van der Waals surface area contributed by atoms with Crippen LogP contribution < -0.4 is 10.6 Å². The average molecular weight is 503 g/mol. The van der Waals surface area contributed by atoms with Crippen molar-refractivity contribution < 1.29 is 17.6 Å². The van der Waals surface area contributed by atoms with Crippen molar-refractivity contribution in [2.24, 2.45) is 0 Å². The Hall–Kier alpha value is -1.91. The van der Waals surface area contributed by atoms with Gasteiger partial charge in [-0.05, 0) is 63.3 Å². The molecule has 2 aromatic carbocycles. The molecule has 1 heterocycles. The molecule has 32 heavy (non-hydrogen) atoms. The molecule has 0 bridgehead atoms. The monoisotopic (exact) mass is 502 g/mol.